The van der Waals surface area contributed by atoms with Gasteiger partial charge >= 0.3 is 0 Å². The molecule has 2 heterocycles. The minimum atomic E-state index is 0. The van der Waals surface area contributed by atoms with Crippen molar-refractivity contribution < 1.29 is 0 Å². The fourth-order valence-corrected chi connectivity index (χ4v) is 4.05. The maximum absolute atomic E-state index is 5.90. The molecule has 4 nitrogen and oxygen atoms in total. The number of aliphatic imine (C=N–C) groups is 1. The van der Waals surface area contributed by atoms with Crippen molar-refractivity contribution >= 4 is 52.6 Å². The number of hydrogen-bond donors (Lipinski definition) is 2. The summed E-state index contributed by atoms with van der Waals surface area (Å²) >= 11 is 3.50. The Balaban J connectivity index is 0.00000192. The van der Waals surface area contributed by atoms with E-state index in [2.05, 4.69) is 32.8 Å². The van der Waals surface area contributed by atoms with Gasteiger partial charge in [0.25, 0.3) is 0 Å². The van der Waals surface area contributed by atoms with E-state index in [9.17, 15) is 0 Å². The van der Waals surface area contributed by atoms with Gasteiger partial charge in [-0.15, -0.1) is 46.7 Å². The molecule has 3 N–H and O–H groups in total. The van der Waals surface area contributed by atoms with Crippen LogP contribution in [-0.4, -0.2) is 24.0 Å². The second kappa shape index (κ2) is 8.98. The molecule has 1 aliphatic rings. The van der Waals surface area contributed by atoms with Gasteiger partial charge in [0.1, 0.15) is 0 Å². The zero-order valence-corrected chi connectivity index (χ0v) is 17.2. The Morgan fingerprint density at radius 3 is 2.91 bits per heavy atom. The second-order valence-corrected chi connectivity index (χ2v) is 7.95. The first-order valence-corrected chi connectivity index (χ1v) is 9.45. The molecule has 3 rings (SSSR count). The van der Waals surface area contributed by atoms with Crippen LogP contribution in [0, 0.1) is 12.8 Å². The van der Waals surface area contributed by atoms with E-state index in [-0.39, 0.29) is 24.0 Å². The Bertz CT molecular complexity index is 646. The van der Waals surface area contributed by atoms with Crippen molar-refractivity contribution in [2.45, 2.75) is 32.6 Å². The van der Waals surface area contributed by atoms with E-state index < -0.39 is 0 Å². The molecular formula is C16H23IN4S2. The highest BCUT2D eigenvalue weighted by Gasteiger charge is 2.16. The number of rotatable bonds is 6. The summed E-state index contributed by atoms with van der Waals surface area (Å²) in [5.74, 6) is 1.35. The molecule has 0 aliphatic heterocycles. The highest BCUT2D eigenvalue weighted by Crippen LogP contribution is 2.29. The Morgan fingerprint density at radius 2 is 2.26 bits per heavy atom. The van der Waals surface area contributed by atoms with Crippen LogP contribution in [0.5, 0.6) is 0 Å². The summed E-state index contributed by atoms with van der Waals surface area (Å²) < 4.78 is 0. The van der Waals surface area contributed by atoms with Gasteiger partial charge in [0.2, 0.25) is 0 Å². The number of thiazole rings is 1. The van der Waals surface area contributed by atoms with Crippen molar-refractivity contribution in [1.29, 1.82) is 0 Å². The summed E-state index contributed by atoms with van der Waals surface area (Å²) in [6.07, 6.45) is 4.94. The van der Waals surface area contributed by atoms with Gasteiger partial charge in [-0.25, -0.2) is 4.98 Å². The molecule has 7 heteroatoms. The van der Waals surface area contributed by atoms with Gasteiger partial charge in [0.05, 0.1) is 15.6 Å². The fraction of sp³-hybridized carbons (Fsp3) is 0.500. The van der Waals surface area contributed by atoms with E-state index in [4.69, 9.17) is 5.73 Å². The topological polar surface area (TPSA) is 63.3 Å². The van der Waals surface area contributed by atoms with Crippen LogP contribution in [0.3, 0.4) is 0 Å². The summed E-state index contributed by atoms with van der Waals surface area (Å²) in [6, 6.07) is 4.33. The van der Waals surface area contributed by atoms with Gasteiger partial charge in [-0.1, -0.05) is 6.42 Å². The molecule has 0 bridgehead atoms. The zero-order valence-electron chi connectivity index (χ0n) is 13.2. The molecular weight excluding hydrogens is 439 g/mol. The van der Waals surface area contributed by atoms with Crippen molar-refractivity contribution in [2.75, 3.05) is 13.1 Å². The molecule has 0 saturated heterocycles. The molecule has 1 aliphatic carbocycles. The third kappa shape index (κ3) is 5.42. The normalized spacial score (nSPS) is 15.1. The molecule has 2 aromatic rings. The van der Waals surface area contributed by atoms with E-state index in [0.717, 1.165) is 36.1 Å². The molecule has 23 heavy (non-hydrogen) atoms. The van der Waals surface area contributed by atoms with Crippen molar-refractivity contribution in [3.63, 3.8) is 0 Å². The number of thiophene rings is 1. The van der Waals surface area contributed by atoms with Crippen LogP contribution < -0.4 is 11.1 Å². The summed E-state index contributed by atoms with van der Waals surface area (Å²) in [4.78, 5) is 11.5. The Kier molecular flexibility index (Phi) is 7.29. The summed E-state index contributed by atoms with van der Waals surface area (Å²) in [5, 5.41) is 6.44. The monoisotopic (exact) mass is 462 g/mol. The number of nitrogens with zero attached hydrogens (tertiary/aromatic N) is 2. The van der Waals surface area contributed by atoms with Crippen molar-refractivity contribution in [3.8, 4) is 10.6 Å². The lowest BCUT2D eigenvalue weighted by atomic mass is 9.86. The number of aryl methyl sites for hydroxylation is 1. The van der Waals surface area contributed by atoms with E-state index in [0.29, 0.717) is 5.96 Å². The van der Waals surface area contributed by atoms with Crippen LogP contribution in [0.1, 0.15) is 29.1 Å². The smallest absolute Gasteiger partial charge is 0.188 e. The van der Waals surface area contributed by atoms with Crippen LogP contribution in [-0.2, 0) is 6.42 Å². The van der Waals surface area contributed by atoms with Gasteiger partial charge in [0.15, 0.2) is 5.96 Å². The van der Waals surface area contributed by atoms with Gasteiger partial charge in [0, 0.05) is 23.3 Å². The zero-order chi connectivity index (χ0) is 15.4. The number of hydrogen-bond acceptors (Lipinski definition) is 4. The van der Waals surface area contributed by atoms with E-state index in [1.807, 2.05) is 6.92 Å². The second-order valence-electron chi connectivity index (χ2n) is 5.72. The molecule has 0 spiro atoms. The Labute approximate surface area is 162 Å². The van der Waals surface area contributed by atoms with E-state index >= 15 is 0 Å². The quantitative estimate of drug-likeness (QED) is 0.387. The number of nitrogens with two attached hydrogens (primary N) is 1. The lowest BCUT2D eigenvalue weighted by Gasteiger charge is -2.23. The third-order valence-electron chi connectivity index (χ3n) is 3.96. The lowest BCUT2D eigenvalue weighted by molar-refractivity contribution is 0.326. The van der Waals surface area contributed by atoms with Gasteiger partial charge in [-0.2, -0.15) is 0 Å². The van der Waals surface area contributed by atoms with Crippen LogP contribution in [0.4, 0.5) is 0 Å². The highest BCUT2D eigenvalue weighted by atomic mass is 127. The average molecular weight is 462 g/mol. The lowest BCUT2D eigenvalue weighted by Crippen LogP contribution is -2.34. The van der Waals surface area contributed by atoms with Crippen LogP contribution in [0.25, 0.3) is 10.6 Å². The molecule has 0 unspecified atom stereocenters. The largest absolute Gasteiger partial charge is 0.370 e. The van der Waals surface area contributed by atoms with Crippen LogP contribution in [0.2, 0.25) is 0 Å². The van der Waals surface area contributed by atoms with E-state index in [1.54, 1.807) is 22.7 Å². The summed E-state index contributed by atoms with van der Waals surface area (Å²) in [7, 11) is 0. The number of aromatic nitrogens is 1. The maximum Gasteiger partial charge on any atom is 0.188 e. The van der Waals surface area contributed by atoms with Crippen molar-refractivity contribution in [3.05, 3.63) is 27.4 Å². The predicted molar refractivity (Wildman–Crippen MR) is 111 cm³/mol. The third-order valence-corrected chi connectivity index (χ3v) is 5.90. The average Bonchev–Trinajstić information content (AvgIpc) is 3.06. The van der Waals surface area contributed by atoms with Crippen molar-refractivity contribution in [1.82, 2.24) is 10.3 Å². The van der Waals surface area contributed by atoms with E-state index in [1.165, 1.54) is 29.0 Å². The standard InChI is InChI=1S/C16H22N4S2.HI/c1-11-20-14(10-21-11)15-6-5-13(22-15)7-8-18-16(17)19-9-12-3-2-4-12;/h5-6,10,12H,2-4,7-9H2,1H3,(H3,17,18,19);1H. The minimum Gasteiger partial charge on any atom is -0.370 e. The first-order valence-electron chi connectivity index (χ1n) is 7.76. The molecule has 0 amide bonds. The van der Waals surface area contributed by atoms with Gasteiger partial charge < -0.3 is 11.1 Å². The summed E-state index contributed by atoms with van der Waals surface area (Å²) in [6.45, 7) is 3.75. The first kappa shape index (κ1) is 18.7. The molecule has 2 aromatic heterocycles. The Morgan fingerprint density at radius 1 is 1.43 bits per heavy atom. The Hall–Kier alpha value is -0.670. The van der Waals surface area contributed by atoms with Crippen LogP contribution >= 0.6 is 46.7 Å². The predicted octanol–water partition coefficient (Wildman–Crippen LogP) is 4.04. The maximum atomic E-state index is 5.90. The molecule has 1 saturated carbocycles. The SMILES string of the molecule is Cc1nc(-c2ccc(CCNC(N)=NCC3CCC3)s2)cs1.I. The van der Waals surface area contributed by atoms with Gasteiger partial charge in [-0.05, 0) is 44.2 Å². The highest BCUT2D eigenvalue weighted by molar-refractivity contribution is 14.0. The molecule has 1 fully saturated rings. The van der Waals surface area contributed by atoms with Crippen LogP contribution in [0.15, 0.2) is 22.5 Å². The molecule has 126 valence electrons. The number of halogens is 1. The van der Waals surface area contributed by atoms with Gasteiger partial charge in [-0.3, -0.25) is 4.99 Å². The fourth-order valence-electron chi connectivity index (χ4n) is 2.40. The summed E-state index contributed by atoms with van der Waals surface area (Å²) in [5.41, 5.74) is 6.99. The molecule has 0 atom stereocenters. The number of guanidine groups is 1. The minimum absolute atomic E-state index is 0. The number of nitrogens with one attached hydrogen (secondary N) is 1. The first-order chi connectivity index (χ1) is 10.7. The van der Waals surface area contributed by atoms with Crippen molar-refractivity contribution in [2.24, 2.45) is 16.6 Å². The molecule has 0 aromatic carbocycles. The molecule has 0 radical (unpaired) electrons.